The van der Waals surface area contributed by atoms with Crippen molar-refractivity contribution in [3.8, 4) is 22.3 Å². The lowest BCUT2D eigenvalue weighted by atomic mass is 10.0. The Morgan fingerprint density at radius 3 is 1.93 bits per heavy atom. The van der Waals surface area contributed by atoms with Crippen LogP contribution in [0, 0.1) is 0 Å². The highest BCUT2D eigenvalue weighted by Gasteiger charge is 2.16. The lowest BCUT2D eigenvalue weighted by Crippen LogP contribution is -2.10. The van der Waals surface area contributed by atoms with Gasteiger partial charge in [-0.1, -0.05) is 121 Å². The smallest absolute Gasteiger partial charge is 0.143 e. The Bertz CT molecular complexity index is 2190. The highest BCUT2D eigenvalue weighted by atomic mass is 16.3. The van der Waals surface area contributed by atoms with Gasteiger partial charge in [-0.3, -0.25) is 0 Å². The number of benzene rings is 7. The van der Waals surface area contributed by atoms with Crippen LogP contribution in [-0.4, -0.2) is 0 Å². The second kappa shape index (κ2) is 10.1. The monoisotopic (exact) mass is 537 g/mol. The Morgan fingerprint density at radius 2 is 1.05 bits per heavy atom. The topological polar surface area (TPSA) is 16.4 Å². The third-order valence-electron chi connectivity index (χ3n) is 8.04. The Balaban J connectivity index is 1.26. The lowest BCUT2D eigenvalue weighted by molar-refractivity contribution is 0.670. The third kappa shape index (κ3) is 4.22. The summed E-state index contributed by atoms with van der Waals surface area (Å²) in [5, 5.41) is 4.73. The number of para-hydroxylation sites is 2. The maximum atomic E-state index is 6.34. The lowest BCUT2D eigenvalue weighted by Gasteiger charge is -2.26. The molecule has 2 heteroatoms. The Morgan fingerprint density at radius 1 is 0.381 bits per heavy atom. The molecule has 1 aromatic heterocycles. The van der Waals surface area contributed by atoms with E-state index in [0.29, 0.717) is 0 Å². The number of hydrogen-bond acceptors (Lipinski definition) is 2. The summed E-state index contributed by atoms with van der Waals surface area (Å²) in [7, 11) is 0. The van der Waals surface area contributed by atoms with Crippen molar-refractivity contribution >= 4 is 49.8 Å². The zero-order chi connectivity index (χ0) is 27.9. The van der Waals surface area contributed by atoms with E-state index in [0.717, 1.165) is 50.1 Å². The standard InChI is InChI=1S/C40H27NO/c1-2-10-28(11-3-1)32-14-8-15-34(26-32)41(35-25-20-29-12-4-5-13-31(29)27-35)33-23-21-30(22-24-33)36-17-9-18-38-37-16-6-7-19-39(37)42-40(36)38/h1-27H. The SMILES string of the molecule is c1ccc(-c2cccc(N(c3ccc(-c4cccc5c4oc4ccccc45)cc3)c3ccc4ccccc4c3)c2)cc1. The van der Waals surface area contributed by atoms with Gasteiger partial charge in [-0.15, -0.1) is 0 Å². The van der Waals surface area contributed by atoms with Gasteiger partial charge in [0.2, 0.25) is 0 Å². The van der Waals surface area contributed by atoms with Crippen LogP contribution in [0.4, 0.5) is 17.1 Å². The predicted octanol–water partition coefficient (Wildman–Crippen LogP) is 11.5. The average Bonchev–Trinajstić information content (AvgIpc) is 3.45. The summed E-state index contributed by atoms with van der Waals surface area (Å²) in [6, 6.07) is 58.0. The molecule has 1 heterocycles. The quantitative estimate of drug-likeness (QED) is 0.217. The van der Waals surface area contributed by atoms with E-state index in [4.69, 9.17) is 4.42 Å². The first kappa shape index (κ1) is 24.2. The van der Waals surface area contributed by atoms with Gasteiger partial charge in [0.15, 0.2) is 0 Å². The normalized spacial score (nSPS) is 11.3. The molecule has 0 fully saturated rings. The van der Waals surface area contributed by atoms with Crippen LogP contribution >= 0.6 is 0 Å². The van der Waals surface area contributed by atoms with Gasteiger partial charge in [0.1, 0.15) is 11.2 Å². The van der Waals surface area contributed by atoms with E-state index < -0.39 is 0 Å². The van der Waals surface area contributed by atoms with Crippen LogP contribution in [0.1, 0.15) is 0 Å². The first-order valence-corrected chi connectivity index (χ1v) is 14.3. The van der Waals surface area contributed by atoms with E-state index in [9.17, 15) is 0 Å². The molecule has 8 rings (SSSR count). The number of rotatable bonds is 5. The number of furan rings is 1. The largest absolute Gasteiger partial charge is 0.455 e. The van der Waals surface area contributed by atoms with Crippen LogP contribution in [0.25, 0.3) is 55.0 Å². The van der Waals surface area contributed by atoms with E-state index in [1.807, 2.05) is 12.1 Å². The fourth-order valence-electron chi connectivity index (χ4n) is 5.98. The summed E-state index contributed by atoms with van der Waals surface area (Å²) in [5.74, 6) is 0. The fourth-order valence-corrected chi connectivity index (χ4v) is 5.98. The Hall–Kier alpha value is -5.60. The summed E-state index contributed by atoms with van der Waals surface area (Å²) >= 11 is 0. The number of anilines is 3. The van der Waals surface area contributed by atoms with Crippen LogP contribution in [0.5, 0.6) is 0 Å². The van der Waals surface area contributed by atoms with Crippen molar-refractivity contribution in [1.29, 1.82) is 0 Å². The van der Waals surface area contributed by atoms with Crippen molar-refractivity contribution in [1.82, 2.24) is 0 Å². The van der Waals surface area contributed by atoms with Gasteiger partial charge in [0.05, 0.1) is 0 Å². The van der Waals surface area contributed by atoms with Gasteiger partial charge in [-0.25, -0.2) is 0 Å². The van der Waals surface area contributed by atoms with E-state index in [2.05, 4.69) is 157 Å². The molecule has 0 radical (unpaired) electrons. The second-order valence-corrected chi connectivity index (χ2v) is 10.6. The molecule has 7 aromatic carbocycles. The molecule has 8 aromatic rings. The van der Waals surface area contributed by atoms with Gasteiger partial charge in [0, 0.05) is 33.4 Å². The molecule has 0 amide bonds. The first-order chi connectivity index (χ1) is 20.8. The molecule has 2 nitrogen and oxygen atoms in total. The number of fused-ring (bicyclic) bond motifs is 4. The van der Waals surface area contributed by atoms with E-state index in [1.165, 1.54) is 21.9 Å². The summed E-state index contributed by atoms with van der Waals surface area (Å²) in [6.07, 6.45) is 0. The number of hydrogen-bond donors (Lipinski definition) is 0. The molecule has 0 bridgehead atoms. The molecule has 0 N–H and O–H groups in total. The van der Waals surface area contributed by atoms with Crippen LogP contribution in [0.3, 0.4) is 0 Å². The van der Waals surface area contributed by atoms with E-state index in [-0.39, 0.29) is 0 Å². The maximum Gasteiger partial charge on any atom is 0.143 e. The van der Waals surface area contributed by atoms with E-state index >= 15 is 0 Å². The maximum absolute atomic E-state index is 6.34. The van der Waals surface area contributed by atoms with Crippen molar-refractivity contribution in [2.45, 2.75) is 0 Å². The summed E-state index contributed by atoms with van der Waals surface area (Å²) in [5.41, 5.74) is 9.77. The summed E-state index contributed by atoms with van der Waals surface area (Å²) in [6.45, 7) is 0. The van der Waals surface area contributed by atoms with Crippen LogP contribution < -0.4 is 4.90 Å². The second-order valence-electron chi connectivity index (χ2n) is 10.6. The number of nitrogens with zero attached hydrogens (tertiary/aromatic N) is 1. The fraction of sp³-hybridized carbons (Fsp3) is 0. The Labute approximate surface area is 244 Å². The van der Waals surface area contributed by atoms with Gasteiger partial charge < -0.3 is 9.32 Å². The minimum Gasteiger partial charge on any atom is -0.455 e. The molecule has 0 saturated carbocycles. The minimum absolute atomic E-state index is 0.914. The predicted molar refractivity (Wildman–Crippen MR) is 177 cm³/mol. The summed E-state index contributed by atoms with van der Waals surface area (Å²) < 4.78 is 6.34. The van der Waals surface area contributed by atoms with Crippen molar-refractivity contribution in [2.24, 2.45) is 0 Å². The molecule has 0 aliphatic rings. The van der Waals surface area contributed by atoms with Gasteiger partial charge in [-0.2, -0.15) is 0 Å². The zero-order valence-electron chi connectivity index (χ0n) is 22.9. The van der Waals surface area contributed by atoms with Crippen molar-refractivity contribution in [3.05, 3.63) is 164 Å². The first-order valence-electron chi connectivity index (χ1n) is 14.3. The molecule has 198 valence electrons. The van der Waals surface area contributed by atoms with Crippen LogP contribution in [0.2, 0.25) is 0 Å². The highest BCUT2D eigenvalue weighted by molar-refractivity contribution is 6.09. The van der Waals surface area contributed by atoms with Crippen molar-refractivity contribution in [2.75, 3.05) is 4.90 Å². The minimum atomic E-state index is 0.914. The van der Waals surface area contributed by atoms with Gasteiger partial charge >= 0.3 is 0 Å². The van der Waals surface area contributed by atoms with Crippen LogP contribution in [-0.2, 0) is 0 Å². The van der Waals surface area contributed by atoms with Gasteiger partial charge in [-0.05, 0) is 69.9 Å². The third-order valence-corrected chi connectivity index (χ3v) is 8.04. The molecule has 0 aliphatic heterocycles. The molecular weight excluding hydrogens is 510 g/mol. The molecule has 0 aliphatic carbocycles. The molecule has 0 spiro atoms. The van der Waals surface area contributed by atoms with Crippen molar-refractivity contribution < 1.29 is 4.42 Å². The molecule has 0 unspecified atom stereocenters. The zero-order valence-corrected chi connectivity index (χ0v) is 22.9. The molecule has 0 atom stereocenters. The highest BCUT2D eigenvalue weighted by Crippen LogP contribution is 2.40. The Kier molecular flexibility index (Phi) is 5.82. The van der Waals surface area contributed by atoms with Crippen molar-refractivity contribution in [3.63, 3.8) is 0 Å². The molecular formula is C40H27NO. The van der Waals surface area contributed by atoms with Gasteiger partial charge in [0.25, 0.3) is 0 Å². The molecule has 0 saturated heterocycles. The molecule has 42 heavy (non-hydrogen) atoms. The average molecular weight is 538 g/mol. The van der Waals surface area contributed by atoms with E-state index in [1.54, 1.807) is 0 Å². The van der Waals surface area contributed by atoms with Crippen LogP contribution in [0.15, 0.2) is 168 Å². The summed E-state index contributed by atoms with van der Waals surface area (Å²) in [4.78, 5) is 2.34.